The molecular weight excluding hydrogens is 176 g/mol. The van der Waals surface area contributed by atoms with E-state index in [1.165, 1.54) is 12.8 Å². The molecule has 0 heterocycles. The standard InChI is InChI=1S/C11H24N2O/c1-4-7-8-9-10(12-5-2)11(14)13-6-3/h10,12H,4-9H2,1-3H3,(H,13,14)/t10-/m0/s1. The Balaban J connectivity index is 3.81. The molecule has 0 aromatic heterocycles. The average Bonchev–Trinajstić information content (AvgIpc) is 2.17. The molecular formula is C11H24N2O. The number of rotatable bonds is 8. The Morgan fingerprint density at radius 1 is 1.14 bits per heavy atom. The van der Waals surface area contributed by atoms with Crippen molar-refractivity contribution in [1.29, 1.82) is 0 Å². The van der Waals surface area contributed by atoms with Crippen LogP contribution in [-0.2, 0) is 4.79 Å². The van der Waals surface area contributed by atoms with Gasteiger partial charge in [-0.25, -0.2) is 0 Å². The highest BCUT2D eigenvalue weighted by molar-refractivity contribution is 5.81. The van der Waals surface area contributed by atoms with E-state index in [1.807, 2.05) is 13.8 Å². The smallest absolute Gasteiger partial charge is 0.237 e. The number of carbonyl (C=O) groups is 1. The molecule has 0 radical (unpaired) electrons. The summed E-state index contributed by atoms with van der Waals surface area (Å²) in [5.41, 5.74) is 0. The van der Waals surface area contributed by atoms with Crippen molar-refractivity contribution < 1.29 is 4.79 Å². The van der Waals surface area contributed by atoms with Crippen LogP contribution in [0.4, 0.5) is 0 Å². The van der Waals surface area contributed by atoms with Crippen LogP contribution in [0.1, 0.15) is 46.5 Å². The molecule has 0 saturated carbocycles. The lowest BCUT2D eigenvalue weighted by molar-refractivity contribution is -0.123. The van der Waals surface area contributed by atoms with Crippen molar-refractivity contribution in [2.24, 2.45) is 0 Å². The van der Waals surface area contributed by atoms with Crippen LogP contribution in [0.25, 0.3) is 0 Å². The van der Waals surface area contributed by atoms with Gasteiger partial charge in [-0.05, 0) is 19.9 Å². The molecule has 2 N–H and O–H groups in total. The zero-order valence-corrected chi connectivity index (χ0v) is 9.73. The van der Waals surface area contributed by atoms with Crippen LogP contribution in [-0.4, -0.2) is 25.0 Å². The predicted octanol–water partition coefficient (Wildman–Crippen LogP) is 1.68. The lowest BCUT2D eigenvalue weighted by Gasteiger charge is -2.16. The summed E-state index contributed by atoms with van der Waals surface area (Å²) in [5.74, 6) is 0.144. The molecule has 0 aliphatic heterocycles. The summed E-state index contributed by atoms with van der Waals surface area (Å²) in [4.78, 5) is 11.6. The molecule has 0 saturated heterocycles. The predicted molar refractivity (Wildman–Crippen MR) is 60.3 cm³/mol. The van der Waals surface area contributed by atoms with E-state index in [1.54, 1.807) is 0 Å². The van der Waals surface area contributed by atoms with E-state index in [9.17, 15) is 4.79 Å². The lowest BCUT2D eigenvalue weighted by atomic mass is 10.1. The Morgan fingerprint density at radius 3 is 2.36 bits per heavy atom. The van der Waals surface area contributed by atoms with Gasteiger partial charge in [0.2, 0.25) is 5.91 Å². The third-order valence-electron chi connectivity index (χ3n) is 2.21. The van der Waals surface area contributed by atoms with Gasteiger partial charge in [0, 0.05) is 6.54 Å². The van der Waals surface area contributed by atoms with Crippen molar-refractivity contribution in [3.8, 4) is 0 Å². The maximum absolute atomic E-state index is 11.6. The summed E-state index contributed by atoms with van der Waals surface area (Å²) in [6, 6.07) is 0.00602. The number of hydrogen-bond acceptors (Lipinski definition) is 2. The number of amides is 1. The average molecular weight is 200 g/mol. The first-order chi connectivity index (χ1) is 6.76. The fraction of sp³-hybridized carbons (Fsp3) is 0.909. The number of carbonyl (C=O) groups excluding carboxylic acids is 1. The molecule has 0 aliphatic rings. The maximum atomic E-state index is 11.6. The van der Waals surface area contributed by atoms with Crippen LogP contribution in [0.3, 0.4) is 0 Å². The number of likely N-dealkylation sites (N-methyl/N-ethyl adjacent to an activating group) is 2. The van der Waals surface area contributed by atoms with Crippen molar-refractivity contribution in [2.45, 2.75) is 52.5 Å². The van der Waals surface area contributed by atoms with E-state index in [-0.39, 0.29) is 11.9 Å². The third kappa shape index (κ3) is 5.97. The van der Waals surface area contributed by atoms with Gasteiger partial charge < -0.3 is 10.6 Å². The van der Waals surface area contributed by atoms with E-state index < -0.39 is 0 Å². The van der Waals surface area contributed by atoms with Crippen LogP contribution in [0.5, 0.6) is 0 Å². The molecule has 0 aromatic rings. The minimum atomic E-state index is 0.00602. The molecule has 0 aromatic carbocycles. The largest absolute Gasteiger partial charge is 0.355 e. The molecule has 3 heteroatoms. The topological polar surface area (TPSA) is 41.1 Å². The van der Waals surface area contributed by atoms with Crippen molar-refractivity contribution in [3.63, 3.8) is 0 Å². The molecule has 0 unspecified atom stereocenters. The van der Waals surface area contributed by atoms with Gasteiger partial charge in [-0.3, -0.25) is 4.79 Å². The summed E-state index contributed by atoms with van der Waals surface area (Å²) in [7, 11) is 0. The number of hydrogen-bond donors (Lipinski definition) is 2. The van der Waals surface area contributed by atoms with Crippen molar-refractivity contribution in [3.05, 3.63) is 0 Å². The monoisotopic (exact) mass is 200 g/mol. The van der Waals surface area contributed by atoms with E-state index in [4.69, 9.17) is 0 Å². The second-order valence-electron chi connectivity index (χ2n) is 3.50. The van der Waals surface area contributed by atoms with Gasteiger partial charge in [-0.1, -0.05) is 33.1 Å². The first kappa shape index (κ1) is 13.4. The van der Waals surface area contributed by atoms with Crippen LogP contribution in [0.2, 0.25) is 0 Å². The highest BCUT2D eigenvalue weighted by atomic mass is 16.2. The molecule has 14 heavy (non-hydrogen) atoms. The van der Waals surface area contributed by atoms with Gasteiger partial charge in [0.1, 0.15) is 0 Å². The minimum absolute atomic E-state index is 0.00602. The van der Waals surface area contributed by atoms with Gasteiger partial charge in [-0.15, -0.1) is 0 Å². The summed E-state index contributed by atoms with van der Waals surface area (Å²) < 4.78 is 0. The summed E-state index contributed by atoms with van der Waals surface area (Å²) in [6.07, 6.45) is 4.49. The molecule has 0 bridgehead atoms. The second-order valence-corrected chi connectivity index (χ2v) is 3.50. The second kappa shape index (κ2) is 9.00. The van der Waals surface area contributed by atoms with Crippen LogP contribution in [0.15, 0.2) is 0 Å². The fourth-order valence-electron chi connectivity index (χ4n) is 1.47. The maximum Gasteiger partial charge on any atom is 0.237 e. The lowest BCUT2D eigenvalue weighted by Crippen LogP contribution is -2.44. The molecule has 1 atom stereocenters. The zero-order chi connectivity index (χ0) is 10.8. The van der Waals surface area contributed by atoms with Crippen molar-refractivity contribution >= 4 is 5.91 Å². The Bertz CT molecular complexity index is 148. The first-order valence-electron chi connectivity index (χ1n) is 5.77. The molecule has 0 aliphatic carbocycles. The fourth-order valence-corrected chi connectivity index (χ4v) is 1.47. The zero-order valence-electron chi connectivity index (χ0n) is 9.73. The van der Waals surface area contributed by atoms with Gasteiger partial charge in [-0.2, -0.15) is 0 Å². The van der Waals surface area contributed by atoms with E-state index in [0.717, 1.165) is 19.4 Å². The van der Waals surface area contributed by atoms with Gasteiger partial charge in [0.25, 0.3) is 0 Å². The highest BCUT2D eigenvalue weighted by Crippen LogP contribution is 2.03. The quantitative estimate of drug-likeness (QED) is 0.585. The highest BCUT2D eigenvalue weighted by Gasteiger charge is 2.14. The van der Waals surface area contributed by atoms with Crippen molar-refractivity contribution in [1.82, 2.24) is 10.6 Å². The molecule has 0 spiro atoms. The van der Waals surface area contributed by atoms with E-state index in [0.29, 0.717) is 6.54 Å². The number of unbranched alkanes of at least 4 members (excludes halogenated alkanes) is 2. The van der Waals surface area contributed by atoms with Crippen molar-refractivity contribution in [2.75, 3.05) is 13.1 Å². The molecule has 84 valence electrons. The van der Waals surface area contributed by atoms with Gasteiger partial charge in [0.15, 0.2) is 0 Å². The van der Waals surface area contributed by atoms with Crippen LogP contribution < -0.4 is 10.6 Å². The normalized spacial score (nSPS) is 12.5. The summed E-state index contributed by atoms with van der Waals surface area (Å²) >= 11 is 0. The van der Waals surface area contributed by atoms with E-state index in [2.05, 4.69) is 17.6 Å². The molecule has 1 amide bonds. The third-order valence-corrected chi connectivity index (χ3v) is 2.21. The van der Waals surface area contributed by atoms with Crippen LogP contribution in [0, 0.1) is 0 Å². The number of nitrogens with one attached hydrogen (secondary N) is 2. The van der Waals surface area contributed by atoms with Crippen LogP contribution >= 0.6 is 0 Å². The Hall–Kier alpha value is -0.570. The van der Waals surface area contributed by atoms with Gasteiger partial charge >= 0.3 is 0 Å². The molecule has 0 rings (SSSR count). The van der Waals surface area contributed by atoms with Gasteiger partial charge in [0.05, 0.1) is 6.04 Å². The Morgan fingerprint density at radius 2 is 1.86 bits per heavy atom. The summed E-state index contributed by atoms with van der Waals surface area (Å²) in [5, 5.41) is 6.07. The minimum Gasteiger partial charge on any atom is -0.355 e. The van der Waals surface area contributed by atoms with E-state index >= 15 is 0 Å². The summed E-state index contributed by atoms with van der Waals surface area (Å²) in [6.45, 7) is 7.73. The SMILES string of the molecule is CCCCC[C@H](NCC)C(=O)NCC. The molecule has 3 nitrogen and oxygen atoms in total. The Kier molecular flexibility index (Phi) is 8.64. The first-order valence-corrected chi connectivity index (χ1v) is 5.77. The Labute approximate surface area is 87.6 Å². The molecule has 0 fully saturated rings.